The van der Waals surface area contributed by atoms with Crippen molar-refractivity contribution in [2.24, 2.45) is 0 Å². The Bertz CT molecular complexity index is 403. The SMILES string of the molecule is CN(C)CCCc1cccc(F)c1N1CCOCC1. The molecule has 1 aromatic carbocycles. The molecule has 1 saturated heterocycles. The third kappa shape index (κ3) is 3.91. The Morgan fingerprint density at radius 3 is 2.68 bits per heavy atom. The second-order valence-electron chi connectivity index (χ2n) is 5.25. The Morgan fingerprint density at radius 2 is 2.00 bits per heavy atom. The highest BCUT2D eigenvalue weighted by Crippen LogP contribution is 2.26. The second-order valence-corrected chi connectivity index (χ2v) is 5.25. The minimum absolute atomic E-state index is 0.107. The number of morpholine rings is 1. The molecule has 1 aromatic rings. The molecule has 1 aliphatic rings. The van der Waals surface area contributed by atoms with E-state index in [1.54, 1.807) is 6.07 Å². The lowest BCUT2D eigenvalue weighted by Crippen LogP contribution is -2.37. The summed E-state index contributed by atoms with van der Waals surface area (Å²) in [5.74, 6) is -0.107. The highest BCUT2D eigenvalue weighted by atomic mass is 19.1. The first-order valence-electron chi connectivity index (χ1n) is 6.93. The van der Waals surface area contributed by atoms with Crippen LogP contribution in [0.2, 0.25) is 0 Å². The number of halogens is 1. The van der Waals surface area contributed by atoms with Crippen LogP contribution in [0.1, 0.15) is 12.0 Å². The lowest BCUT2D eigenvalue weighted by molar-refractivity contribution is 0.122. The third-order valence-corrected chi connectivity index (χ3v) is 3.45. The molecule has 0 aromatic heterocycles. The van der Waals surface area contributed by atoms with Gasteiger partial charge >= 0.3 is 0 Å². The molecule has 0 atom stereocenters. The van der Waals surface area contributed by atoms with Crippen LogP contribution in [-0.4, -0.2) is 51.8 Å². The zero-order chi connectivity index (χ0) is 13.7. The zero-order valence-electron chi connectivity index (χ0n) is 11.9. The van der Waals surface area contributed by atoms with Crippen molar-refractivity contribution in [3.63, 3.8) is 0 Å². The van der Waals surface area contributed by atoms with Gasteiger partial charge < -0.3 is 14.5 Å². The predicted octanol–water partition coefficient (Wildman–Crippen LogP) is 2.16. The molecule has 0 radical (unpaired) electrons. The normalized spacial score (nSPS) is 16.1. The number of rotatable bonds is 5. The molecule has 0 saturated carbocycles. The quantitative estimate of drug-likeness (QED) is 0.812. The second kappa shape index (κ2) is 6.87. The van der Waals surface area contributed by atoms with E-state index in [0.717, 1.165) is 43.7 Å². The van der Waals surface area contributed by atoms with Gasteiger partial charge in [-0.25, -0.2) is 4.39 Å². The molecule has 19 heavy (non-hydrogen) atoms. The van der Waals surface area contributed by atoms with Crippen LogP contribution in [0.15, 0.2) is 18.2 Å². The number of hydrogen-bond acceptors (Lipinski definition) is 3. The summed E-state index contributed by atoms with van der Waals surface area (Å²) in [5, 5.41) is 0. The molecule has 0 bridgehead atoms. The maximum atomic E-state index is 14.1. The van der Waals surface area contributed by atoms with Gasteiger partial charge in [0, 0.05) is 13.1 Å². The summed E-state index contributed by atoms with van der Waals surface area (Å²) < 4.78 is 19.5. The van der Waals surface area contributed by atoms with Crippen molar-refractivity contribution in [1.82, 2.24) is 4.90 Å². The van der Waals surface area contributed by atoms with Crippen molar-refractivity contribution in [3.05, 3.63) is 29.6 Å². The van der Waals surface area contributed by atoms with E-state index in [4.69, 9.17) is 4.74 Å². The van der Waals surface area contributed by atoms with E-state index in [1.165, 1.54) is 0 Å². The van der Waals surface area contributed by atoms with Crippen LogP contribution in [0.3, 0.4) is 0 Å². The Hall–Kier alpha value is -1.13. The van der Waals surface area contributed by atoms with Gasteiger partial charge in [-0.3, -0.25) is 0 Å². The van der Waals surface area contributed by atoms with Crippen molar-refractivity contribution >= 4 is 5.69 Å². The van der Waals surface area contributed by atoms with Gasteiger partial charge in [0.1, 0.15) is 5.82 Å². The summed E-state index contributed by atoms with van der Waals surface area (Å²) in [6.45, 7) is 3.96. The Balaban J connectivity index is 2.10. The molecular weight excluding hydrogens is 243 g/mol. The van der Waals surface area contributed by atoms with Crippen molar-refractivity contribution in [2.45, 2.75) is 12.8 Å². The number of anilines is 1. The summed E-state index contributed by atoms with van der Waals surface area (Å²) in [7, 11) is 4.13. The molecule has 0 spiro atoms. The highest BCUT2D eigenvalue weighted by Gasteiger charge is 2.18. The molecule has 1 aliphatic heterocycles. The molecule has 0 amide bonds. The van der Waals surface area contributed by atoms with E-state index < -0.39 is 0 Å². The Labute approximate surface area is 115 Å². The molecular formula is C15H23FN2O. The van der Waals surface area contributed by atoms with Gasteiger partial charge in [0.05, 0.1) is 18.9 Å². The van der Waals surface area contributed by atoms with Gasteiger partial charge in [0.25, 0.3) is 0 Å². The maximum Gasteiger partial charge on any atom is 0.146 e. The van der Waals surface area contributed by atoms with E-state index in [9.17, 15) is 4.39 Å². The van der Waals surface area contributed by atoms with Gasteiger partial charge in [-0.15, -0.1) is 0 Å². The first-order chi connectivity index (χ1) is 9.18. The first kappa shape index (κ1) is 14.3. The van der Waals surface area contributed by atoms with Gasteiger partial charge in [0.2, 0.25) is 0 Å². The fraction of sp³-hybridized carbons (Fsp3) is 0.600. The molecule has 106 valence electrons. The fourth-order valence-electron chi connectivity index (χ4n) is 2.49. The number of aryl methyl sites for hydroxylation is 1. The largest absolute Gasteiger partial charge is 0.378 e. The summed E-state index contributed by atoms with van der Waals surface area (Å²) >= 11 is 0. The van der Waals surface area contributed by atoms with E-state index in [-0.39, 0.29) is 5.82 Å². The predicted molar refractivity (Wildman–Crippen MR) is 76.3 cm³/mol. The average Bonchev–Trinajstić information content (AvgIpc) is 2.39. The Kier molecular flexibility index (Phi) is 5.16. The molecule has 3 nitrogen and oxygen atoms in total. The molecule has 2 rings (SSSR count). The van der Waals surface area contributed by atoms with E-state index in [1.807, 2.05) is 12.1 Å². The summed E-state index contributed by atoms with van der Waals surface area (Å²) in [5.41, 5.74) is 1.90. The topological polar surface area (TPSA) is 15.7 Å². The highest BCUT2D eigenvalue weighted by molar-refractivity contribution is 5.55. The molecule has 0 N–H and O–H groups in total. The van der Waals surface area contributed by atoms with Crippen molar-refractivity contribution < 1.29 is 9.13 Å². The standard InChI is InChI=1S/C15H23FN2O/c1-17(2)8-4-6-13-5-3-7-14(16)15(13)18-9-11-19-12-10-18/h3,5,7H,4,6,8-12H2,1-2H3. The summed E-state index contributed by atoms with van der Waals surface area (Å²) in [6.07, 6.45) is 1.97. The van der Waals surface area contributed by atoms with Crippen LogP contribution in [0, 0.1) is 5.82 Å². The van der Waals surface area contributed by atoms with Crippen LogP contribution < -0.4 is 4.90 Å². The van der Waals surface area contributed by atoms with Crippen LogP contribution in [0.5, 0.6) is 0 Å². The summed E-state index contributed by atoms with van der Waals surface area (Å²) in [6, 6.07) is 5.41. The zero-order valence-corrected chi connectivity index (χ0v) is 11.9. The first-order valence-corrected chi connectivity index (χ1v) is 6.93. The van der Waals surface area contributed by atoms with Crippen molar-refractivity contribution in [2.75, 3.05) is 51.8 Å². The van der Waals surface area contributed by atoms with Crippen LogP contribution in [0.4, 0.5) is 10.1 Å². The van der Waals surface area contributed by atoms with Gasteiger partial charge in [-0.05, 0) is 45.1 Å². The van der Waals surface area contributed by atoms with Crippen LogP contribution in [-0.2, 0) is 11.2 Å². The molecule has 4 heteroatoms. The van der Waals surface area contributed by atoms with Crippen molar-refractivity contribution in [3.8, 4) is 0 Å². The molecule has 0 aliphatic carbocycles. The van der Waals surface area contributed by atoms with E-state index >= 15 is 0 Å². The van der Waals surface area contributed by atoms with E-state index in [2.05, 4.69) is 23.9 Å². The van der Waals surface area contributed by atoms with Gasteiger partial charge in [0.15, 0.2) is 0 Å². The van der Waals surface area contributed by atoms with Gasteiger partial charge in [-0.1, -0.05) is 12.1 Å². The number of hydrogen-bond donors (Lipinski definition) is 0. The lowest BCUT2D eigenvalue weighted by atomic mass is 10.1. The number of nitrogens with zero attached hydrogens (tertiary/aromatic N) is 2. The fourth-order valence-corrected chi connectivity index (χ4v) is 2.49. The lowest BCUT2D eigenvalue weighted by Gasteiger charge is -2.31. The average molecular weight is 266 g/mol. The monoisotopic (exact) mass is 266 g/mol. The molecule has 1 fully saturated rings. The third-order valence-electron chi connectivity index (χ3n) is 3.45. The summed E-state index contributed by atoms with van der Waals surface area (Å²) in [4.78, 5) is 4.28. The minimum atomic E-state index is -0.107. The van der Waals surface area contributed by atoms with E-state index in [0.29, 0.717) is 13.2 Å². The Morgan fingerprint density at radius 1 is 1.26 bits per heavy atom. The minimum Gasteiger partial charge on any atom is -0.378 e. The van der Waals surface area contributed by atoms with Gasteiger partial charge in [-0.2, -0.15) is 0 Å². The maximum absolute atomic E-state index is 14.1. The molecule has 1 heterocycles. The molecule has 0 unspecified atom stereocenters. The smallest absolute Gasteiger partial charge is 0.146 e. The van der Waals surface area contributed by atoms with Crippen molar-refractivity contribution in [1.29, 1.82) is 0 Å². The number of ether oxygens (including phenoxy) is 1. The van der Waals surface area contributed by atoms with Crippen LogP contribution >= 0.6 is 0 Å². The number of benzene rings is 1. The number of para-hydroxylation sites is 1. The van der Waals surface area contributed by atoms with Crippen LogP contribution in [0.25, 0.3) is 0 Å².